The summed E-state index contributed by atoms with van der Waals surface area (Å²) in [4.78, 5) is 25.9. The van der Waals surface area contributed by atoms with Crippen molar-refractivity contribution in [2.45, 2.75) is 13.3 Å². The first-order valence-corrected chi connectivity index (χ1v) is 8.72. The molecule has 27 heavy (non-hydrogen) atoms. The number of hydrogen-bond acceptors (Lipinski definition) is 6. The third kappa shape index (κ3) is 7.30. The molecule has 7 nitrogen and oxygen atoms in total. The van der Waals surface area contributed by atoms with Crippen LogP contribution in [-0.2, 0) is 19.1 Å². The van der Waals surface area contributed by atoms with E-state index in [1.54, 1.807) is 51.4 Å². The number of carbonyl (C=O) groups excluding carboxylic acids is 2. The first kappa shape index (κ1) is 22.5. The third-order valence-corrected chi connectivity index (χ3v) is 4.01. The molecule has 0 N–H and O–H groups in total. The van der Waals surface area contributed by atoms with E-state index in [1.165, 1.54) is 13.2 Å². The number of esters is 1. The third-order valence-electron chi connectivity index (χ3n) is 4.01. The fourth-order valence-electron chi connectivity index (χ4n) is 2.53. The Balaban J connectivity index is 2.87. The number of hydrogen-bond donors (Lipinski definition) is 0. The van der Waals surface area contributed by atoms with Gasteiger partial charge in [-0.25, -0.2) is 0 Å². The Morgan fingerprint density at radius 2 is 1.81 bits per heavy atom. The van der Waals surface area contributed by atoms with Crippen molar-refractivity contribution >= 4 is 18.0 Å². The lowest BCUT2D eigenvalue weighted by molar-refractivity contribution is -0.146. The van der Waals surface area contributed by atoms with Crippen LogP contribution in [0.15, 0.2) is 24.3 Å². The van der Waals surface area contributed by atoms with Gasteiger partial charge in [-0.3, -0.25) is 9.59 Å². The highest BCUT2D eigenvalue weighted by atomic mass is 16.5. The van der Waals surface area contributed by atoms with Crippen LogP contribution >= 0.6 is 0 Å². The van der Waals surface area contributed by atoms with Crippen LogP contribution in [0.5, 0.6) is 11.5 Å². The number of rotatable bonds is 11. The van der Waals surface area contributed by atoms with Crippen molar-refractivity contribution in [3.8, 4) is 11.5 Å². The first-order valence-electron chi connectivity index (χ1n) is 8.72. The monoisotopic (exact) mass is 379 g/mol. The summed E-state index contributed by atoms with van der Waals surface area (Å²) in [5.41, 5.74) is 0.804. The Kier molecular flexibility index (Phi) is 9.96. The molecular formula is C20H29NO6. The van der Waals surface area contributed by atoms with Crippen molar-refractivity contribution in [2.75, 3.05) is 48.1 Å². The largest absolute Gasteiger partial charge is 0.493 e. The van der Waals surface area contributed by atoms with E-state index in [1.807, 2.05) is 6.07 Å². The average Bonchev–Trinajstić information content (AvgIpc) is 2.70. The van der Waals surface area contributed by atoms with Gasteiger partial charge in [0.2, 0.25) is 5.91 Å². The molecule has 1 aromatic rings. The molecule has 1 amide bonds. The van der Waals surface area contributed by atoms with E-state index in [9.17, 15) is 9.59 Å². The fourth-order valence-corrected chi connectivity index (χ4v) is 2.53. The van der Waals surface area contributed by atoms with Crippen LogP contribution in [0.4, 0.5) is 0 Å². The first-order chi connectivity index (χ1) is 13.0. The second kappa shape index (κ2) is 12.0. The van der Waals surface area contributed by atoms with E-state index >= 15 is 0 Å². The van der Waals surface area contributed by atoms with Crippen molar-refractivity contribution in [3.05, 3.63) is 29.8 Å². The van der Waals surface area contributed by atoms with Crippen molar-refractivity contribution in [1.29, 1.82) is 0 Å². The lowest BCUT2D eigenvalue weighted by Crippen LogP contribution is -2.37. The number of ether oxygens (including phenoxy) is 4. The summed E-state index contributed by atoms with van der Waals surface area (Å²) >= 11 is 0. The summed E-state index contributed by atoms with van der Waals surface area (Å²) in [5, 5.41) is 0. The van der Waals surface area contributed by atoms with Crippen molar-refractivity contribution in [1.82, 2.24) is 4.90 Å². The number of methoxy groups -OCH3 is 4. The van der Waals surface area contributed by atoms with E-state index in [4.69, 9.17) is 18.9 Å². The molecule has 0 aromatic heterocycles. The molecule has 150 valence electrons. The quantitative estimate of drug-likeness (QED) is 0.334. The average molecular weight is 379 g/mol. The molecule has 0 aliphatic rings. The topological polar surface area (TPSA) is 74.3 Å². The number of carbonyl (C=O) groups is 2. The maximum absolute atomic E-state index is 12.6. The molecule has 0 aliphatic heterocycles. The molecule has 0 saturated heterocycles. The molecule has 0 saturated carbocycles. The van der Waals surface area contributed by atoms with Gasteiger partial charge in [0, 0.05) is 32.9 Å². The second-order valence-electron chi connectivity index (χ2n) is 6.00. The Morgan fingerprint density at radius 3 is 2.41 bits per heavy atom. The van der Waals surface area contributed by atoms with Gasteiger partial charge in [0.1, 0.15) is 0 Å². The van der Waals surface area contributed by atoms with Crippen LogP contribution in [0.3, 0.4) is 0 Å². The lowest BCUT2D eigenvalue weighted by Gasteiger charge is -2.23. The second-order valence-corrected chi connectivity index (χ2v) is 6.00. The summed E-state index contributed by atoms with van der Waals surface area (Å²) < 4.78 is 20.3. The van der Waals surface area contributed by atoms with E-state index in [-0.39, 0.29) is 18.4 Å². The van der Waals surface area contributed by atoms with Crippen LogP contribution in [-0.4, -0.2) is 64.9 Å². The molecule has 1 unspecified atom stereocenters. The molecule has 0 fully saturated rings. The highest BCUT2D eigenvalue weighted by molar-refractivity contribution is 5.92. The number of amides is 1. The van der Waals surface area contributed by atoms with Gasteiger partial charge in [0.05, 0.1) is 27.2 Å². The maximum Gasteiger partial charge on any atom is 0.310 e. The molecule has 1 rings (SSSR count). The summed E-state index contributed by atoms with van der Waals surface area (Å²) in [7, 11) is 6.08. The van der Waals surface area contributed by atoms with E-state index in [2.05, 4.69) is 0 Å². The molecule has 0 bridgehead atoms. The van der Waals surface area contributed by atoms with Crippen LogP contribution < -0.4 is 9.47 Å². The van der Waals surface area contributed by atoms with Crippen LogP contribution in [0.25, 0.3) is 6.08 Å². The van der Waals surface area contributed by atoms with Crippen LogP contribution in [0.2, 0.25) is 0 Å². The van der Waals surface area contributed by atoms with Crippen LogP contribution in [0, 0.1) is 5.92 Å². The standard InChI is InChI=1S/C20H29NO6/c1-15(20(23)27-5)14-21(11-6-12-24-2)19(22)10-8-16-7-9-17(25-3)18(13-16)26-4/h7-10,13,15H,6,11-12,14H2,1-5H3/b10-8+. The van der Waals surface area contributed by atoms with Crippen molar-refractivity contribution < 1.29 is 28.5 Å². The summed E-state index contributed by atoms with van der Waals surface area (Å²) in [6.45, 7) is 3.05. The minimum Gasteiger partial charge on any atom is -0.493 e. The molecule has 0 heterocycles. The summed E-state index contributed by atoms with van der Waals surface area (Å²) in [6.07, 6.45) is 3.87. The van der Waals surface area contributed by atoms with Gasteiger partial charge in [-0.1, -0.05) is 13.0 Å². The lowest BCUT2D eigenvalue weighted by atomic mass is 10.1. The minimum atomic E-state index is -0.407. The van der Waals surface area contributed by atoms with E-state index in [0.29, 0.717) is 31.1 Å². The van der Waals surface area contributed by atoms with Crippen LogP contribution in [0.1, 0.15) is 18.9 Å². The number of benzene rings is 1. The summed E-state index contributed by atoms with van der Waals surface area (Å²) in [6, 6.07) is 5.39. The minimum absolute atomic E-state index is 0.184. The zero-order valence-corrected chi connectivity index (χ0v) is 16.7. The van der Waals surface area contributed by atoms with Gasteiger partial charge in [-0.2, -0.15) is 0 Å². The Labute approximate surface area is 160 Å². The Bertz CT molecular complexity index is 643. The predicted octanol–water partition coefficient (Wildman–Crippen LogP) is 2.39. The zero-order chi connectivity index (χ0) is 20.2. The van der Waals surface area contributed by atoms with E-state index < -0.39 is 5.92 Å². The molecule has 0 radical (unpaired) electrons. The molecule has 1 atom stereocenters. The van der Waals surface area contributed by atoms with Gasteiger partial charge < -0.3 is 23.8 Å². The smallest absolute Gasteiger partial charge is 0.310 e. The Hall–Kier alpha value is -2.54. The van der Waals surface area contributed by atoms with Gasteiger partial charge in [0.25, 0.3) is 0 Å². The van der Waals surface area contributed by atoms with Gasteiger partial charge in [0.15, 0.2) is 11.5 Å². The highest BCUT2D eigenvalue weighted by Gasteiger charge is 2.20. The maximum atomic E-state index is 12.6. The normalized spacial score (nSPS) is 11.9. The predicted molar refractivity (Wildman–Crippen MR) is 103 cm³/mol. The van der Waals surface area contributed by atoms with Gasteiger partial charge in [-0.15, -0.1) is 0 Å². The van der Waals surface area contributed by atoms with Crippen molar-refractivity contribution in [2.24, 2.45) is 5.92 Å². The highest BCUT2D eigenvalue weighted by Crippen LogP contribution is 2.28. The molecule has 7 heteroatoms. The number of nitrogens with zero attached hydrogens (tertiary/aromatic N) is 1. The summed E-state index contributed by atoms with van der Waals surface area (Å²) in [5.74, 6) is 0.272. The molecular weight excluding hydrogens is 350 g/mol. The molecule has 0 spiro atoms. The Morgan fingerprint density at radius 1 is 1.11 bits per heavy atom. The fraction of sp³-hybridized carbons (Fsp3) is 0.500. The van der Waals surface area contributed by atoms with Gasteiger partial charge >= 0.3 is 5.97 Å². The molecule has 0 aliphatic carbocycles. The van der Waals surface area contributed by atoms with Gasteiger partial charge in [-0.05, 0) is 30.2 Å². The zero-order valence-electron chi connectivity index (χ0n) is 16.7. The van der Waals surface area contributed by atoms with Crippen molar-refractivity contribution in [3.63, 3.8) is 0 Å². The van der Waals surface area contributed by atoms with E-state index in [0.717, 1.165) is 5.56 Å². The SMILES string of the molecule is COCCCN(CC(C)C(=O)OC)C(=O)/C=C/c1ccc(OC)c(OC)c1. The molecule has 1 aromatic carbocycles.